The van der Waals surface area contributed by atoms with Crippen LogP contribution in [-0.4, -0.2) is 0 Å². The normalized spacial score (nSPS) is 11.5. The molecule has 0 saturated carbocycles. The van der Waals surface area contributed by atoms with E-state index in [2.05, 4.69) is 106 Å². The number of hydrogen-bond donors (Lipinski definition) is 0. The molecule has 0 aliphatic rings. The summed E-state index contributed by atoms with van der Waals surface area (Å²) in [5.41, 5.74) is 0. The van der Waals surface area contributed by atoms with E-state index in [-0.39, 0.29) is 0 Å². The zero-order valence-corrected chi connectivity index (χ0v) is 14.8. The van der Waals surface area contributed by atoms with Gasteiger partial charge in [-0.05, 0) is 102 Å². The van der Waals surface area contributed by atoms with Gasteiger partial charge in [0.25, 0.3) is 0 Å². The number of benzene rings is 4. The molecule has 4 aromatic carbocycles. The van der Waals surface area contributed by atoms with Crippen LogP contribution in [0.2, 0.25) is 0 Å². The average Bonchev–Trinajstić information content (AvgIpc) is 2.47. The van der Waals surface area contributed by atoms with Gasteiger partial charge in [0.2, 0.25) is 0 Å². The predicted molar refractivity (Wildman–Crippen MR) is 104 cm³/mol. The van der Waals surface area contributed by atoms with Crippen molar-refractivity contribution in [3.63, 3.8) is 0 Å². The second-order valence-electron chi connectivity index (χ2n) is 4.93. The molecule has 0 amide bonds. The molecule has 0 atom stereocenters. The maximum absolute atomic E-state index is 2.39. The van der Waals surface area contributed by atoms with Gasteiger partial charge in [0.15, 0.2) is 0 Å². The molecule has 0 nitrogen and oxygen atoms in total. The maximum Gasteiger partial charge on any atom is 0.0136 e. The molecule has 96 valence electrons. The largest absolute Gasteiger partial charge is 0.0616 e. The molecule has 20 heavy (non-hydrogen) atoms. The summed E-state index contributed by atoms with van der Waals surface area (Å²) < 4.78 is 2.57. The third-order valence-electron chi connectivity index (χ3n) is 3.76. The summed E-state index contributed by atoms with van der Waals surface area (Å²) in [5.74, 6) is 0. The van der Waals surface area contributed by atoms with Crippen molar-refractivity contribution in [2.75, 3.05) is 0 Å². The molecular weight excluding hydrogens is 470 g/mol. The second kappa shape index (κ2) is 4.84. The van der Waals surface area contributed by atoms with E-state index in [1.807, 2.05) is 0 Å². The summed E-state index contributed by atoms with van der Waals surface area (Å²) in [7, 11) is 0. The van der Waals surface area contributed by atoms with Gasteiger partial charge in [-0.15, -0.1) is 0 Å². The van der Waals surface area contributed by atoms with Crippen molar-refractivity contribution < 1.29 is 0 Å². The Morgan fingerprint density at radius 2 is 0.850 bits per heavy atom. The Kier molecular flexibility index (Phi) is 3.11. The Morgan fingerprint density at radius 3 is 1.30 bits per heavy atom. The lowest BCUT2D eigenvalue weighted by atomic mass is 9.94. The summed E-state index contributed by atoms with van der Waals surface area (Å²) in [6.07, 6.45) is 0. The quantitative estimate of drug-likeness (QED) is 0.203. The van der Waals surface area contributed by atoms with E-state index < -0.39 is 0 Å². The molecule has 0 heterocycles. The lowest BCUT2D eigenvalue weighted by Crippen LogP contribution is -1.84. The molecule has 0 bridgehead atoms. The number of hydrogen-bond acceptors (Lipinski definition) is 0. The van der Waals surface area contributed by atoms with Gasteiger partial charge in [-0.2, -0.15) is 0 Å². The van der Waals surface area contributed by atoms with Crippen molar-refractivity contribution >= 4 is 77.5 Å². The first-order valence-corrected chi connectivity index (χ1v) is 8.59. The van der Waals surface area contributed by atoms with Crippen LogP contribution in [-0.2, 0) is 0 Å². The van der Waals surface area contributed by atoms with Gasteiger partial charge in [-0.25, -0.2) is 0 Å². The van der Waals surface area contributed by atoms with Crippen LogP contribution >= 0.6 is 45.2 Å². The molecule has 4 aromatic rings. The fraction of sp³-hybridized carbons (Fsp3) is 0. The lowest BCUT2D eigenvalue weighted by Gasteiger charge is -2.11. The number of rotatable bonds is 0. The highest BCUT2D eigenvalue weighted by atomic mass is 127. The molecule has 0 saturated heterocycles. The zero-order chi connectivity index (χ0) is 13.7. The standard InChI is InChI=1S/C18H10I2/c19-11-5-7-15-16-8-6-12(20)10-18(16)14-4-2-1-3-13(14)17(15)9-11/h1-10H. The van der Waals surface area contributed by atoms with Crippen LogP contribution in [0.5, 0.6) is 0 Å². The first-order valence-electron chi connectivity index (χ1n) is 6.43. The molecular formula is C18H10I2. The monoisotopic (exact) mass is 480 g/mol. The van der Waals surface area contributed by atoms with Gasteiger partial charge >= 0.3 is 0 Å². The zero-order valence-electron chi connectivity index (χ0n) is 10.5. The molecule has 2 heteroatoms. The minimum Gasteiger partial charge on any atom is -0.0616 e. The first-order chi connectivity index (χ1) is 9.74. The smallest absolute Gasteiger partial charge is 0.0136 e. The van der Waals surface area contributed by atoms with Crippen LogP contribution in [0.25, 0.3) is 32.3 Å². The minimum absolute atomic E-state index is 1.28. The van der Waals surface area contributed by atoms with Gasteiger partial charge in [0.1, 0.15) is 0 Å². The third kappa shape index (κ3) is 1.92. The van der Waals surface area contributed by atoms with E-state index in [9.17, 15) is 0 Å². The summed E-state index contributed by atoms with van der Waals surface area (Å²) >= 11 is 4.78. The fourth-order valence-corrected chi connectivity index (χ4v) is 3.88. The van der Waals surface area contributed by atoms with E-state index >= 15 is 0 Å². The van der Waals surface area contributed by atoms with Crippen LogP contribution in [0, 0.1) is 7.14 Å². The van der Waals surface area contributed by atoms with Crippen LogP contribution in [0.4, 0.5) is 0 Å². The highest BCUT2D eigenvalue weighted by molar-refractivity contribution is 14.1. The Bertz CT molecular complexity index is 870. The Labute approximate surface area is 144 Å². The maximum atomic E-state index is 2.39. The third-order valence-corrected chi connectivity index (χ3v) is 5.10. The molecule has 0 spiro atoms. The Hall–Kier alpha value is -0.880. The van der Waals surface area contributed by atoms with Crippen molar-refractivity contribution in [1.82, 2.24) is 0 Å². The number of halogens is 2. The highest BCUT2D eigenvalue weighted by Crippen LogP contribution is 2.36. The van der Waals surface area contributed by atoms with Crippen LogP contribution in [0.1, 0.15) is 0 Å². The summed E-state index contributed by atoms with van der Waals surface area (Å²) in [5, 5.41) is 8.07. The average molecular weight is 480 g/mol. The molecule has 0 aromatic heterocycles. The topological polar surface area (TPSA) is 0 Å². The van der Waals surface area contributed by atoms with Gasteiger partial charge in [-0.3, -0.25) is 0 Å². The van der Waals surface area contributed by atoms with Gasteiger partial charge in [0, 0.05) is 7.14 Å². The van der Waals surface area contributed by atoms with Crippen LogP contribution < -0.4 is 0 Å². The highest BCUT2D eigenvalue weighted by Gasteiger charge is 2.08. The van der Waals surface area contributed by atoms with Gasteiger partial charge < -0.3 is 0 Å². The molecule has 0 aliphatic carbocycles. The summed E-state index contributed by atoms with van der Waals surface area (Å²) in [4.78, 5) is 0. The Morgan fingerprint density at radius 1 is 0.450 bits per heavy atom. The SMILES string of the molecule is Ic1ccc2c3ccc(I)cc3c3ccccc3c2c1. The predicted octanol–water partition coefficient (Wildman–Crippen LogP) is 6.36. The van der Waals surface area contributed by atoms with E-state index in [1.54, 1.807) is 0 Å². The van der Waals surface area contributed by atoms with E-state index in [4.69, 9.17) is 0 Å². The van der Waals surface area contributed by atoms with Crippen molar-refractivity contribution in [1.29, 1.82) is 0 Å². The lowest BCUT2D eigenvalue weighted by molar-refractivity contribution is 1.71. The fourth-order valence-electron chi connectivity index (χ4n) is 2.90. The molecule has 0 N–H and O–H groups in total. The summed E-state index contributed by atoms with van der Waals surface area (Å²) in [6.45, 7) is 0. The van der Waals surface area contributed by atoms with Gasteiger partial charge in [-0.1, -0.05) is 36.4 Å². The van der Waals surface area contributed by atoms with Crippen molar-refractivity contribution in [3.8, 4) is 0 Å². The molecule has 0 unspecified atom stereocenters. The van der Waals surface area contributed by atoms with E-state index in [0.29, 0.717) is 0 Å². The van der Waals surface area contributed by atoms with Gasteiger partial charge in [0.05, 0.1) is 0 Å². The first kappa shape index (κ1) is 12.8. The van der Waals surface area contributed by atoms with Crippen molar-refractivity contribution in [2.45, 2.75) is 0 Å². The molecule has 0 fully saturated rings. The molecule has 0 aliphatic heterocycles. The summed E-state index contributed by atoms with van der Waals surface area (Å²) in [6, 6.07) is 22.2. The van der Waals surface area contributed by atoms with Crippen molar-refractivity contribution in [3.05, 3.63) is 67.8 Å². The minimum atomic E-state index is 1.28. The molecule has 4 rings (SSSR count). The number of fused-ring (bicyclic) bond motifs is 6. The van der Waals surface area contributed by atoms with Crippen molar-refractivity contribution in [2.24, 2.45) is 0 Å². The van der Waals surface area contributed by atoms with Crippen LogP contribution in [0.15, 0.2) is 60.7 Å². The second-order valence-corrected chi connectivity index (χ2v) is 7.42. The molecule has 0 radical (unpaired) electrons. The van der Waals surface area contributed by atoms with E-state index in [1.165, 1.54) is 39.5 Å². The Balaban J connectivity index is 2.40. The van der Waals surface area contributed by atoms with Crippen LogP contribution in [0.3, 0.4) is 0 Å². The van der Waals surface area contributed by atoms with E-state index in [0.717, 1.165) is 0 Å².